The van der Waals surface area contributed by atoms with Crippen molar-refractivity contribution < 1.29 is 23.1 Å². The fourth-order valence-electron chi connectivity index (χ4n) is 3.32. The van der Waals surface area contributed by atoms with Gasteiger partial charge in [-0.05, 0) is 42.8 Å². The van der Waals surface area contributed by atoms with Gasteiger partial charge >= 0.3 is 0 Å². The number of rotatable bonds is 10. The summed E-state index contributed by atoms with van der Waals surface area (Å²) >= 11 is 0. The summed E-state index contributed by atoms with van der Waals surface area (Å²) in [5.41, 5.74) is 1.15. The summed E-state index contributed by atoms with van der Waals surface area (Å²) in [6.07, 6.45) is 0. The lowest BCUT2D eigenvalue weighted by Gasteiger charge is -2.27. The fraction of sp³-hybridized carbons (Fsp3) is 0.280. The van der Waals surface area contributed by atoms with Crippen LogP contribution in [0, 0.1) is 12.7 Å². The third kappa shape index (κ3) is 6.52. The molecule has 0 unspecified atom stereocenters. The van der Waals surface area contributed by atoms with Crippen molar-refractivity contribution in [3.05, 3.63) is 95.2 Å². The first-order chi connectivity index (χ1) is 15.5. The number of nitrogens with zero attached hydrogens (tertiary/aromatic N) is 2. The molecule has 0 atom stereocenters. The molecule has 1 heterocycles. The molecule has 0 aliphatic heterocycles. The number of hydrogen-bond acceptors (Lipinski definition) is 4. The van der Waals surface area contributed by atoms with Crippen LogP contribution in [0.2, 0.25) is 0 Å². The highest BCUT2D eigenvalue weighted by atomic mass is 19.1. The Bertz CT molecular complexity index is 1040. The van der Waals surface area contributed by atoms with E-state index in [0.29, 0.717) is 12.3 Å². The van der Waals surface area contributed by atoms with Crippen LogP contribution < -0.4 is 0 Å². The van der Waals surface area contributed by atoms with Gasteiger partial charge in [0.05, 0.1) is 13.2 Å². The molecule has 0 aliphatic rings. The molecule has 1 aromatic heterocycles. The highest BCUT2D eigenvalue weighted by Gasteiger charge is 2.23. The van der Waals surface area contributed by atoms with Crippen LogP contribution in [0.25, 0.3) is 0 Å². The van der Waals surface area contributed by atoms with Crippen LogP contribution in [-0.4, -0.2) is 48.4 Å². The summed E-state index contributed by atoms with van der Waals surface area (Å²) in [6, 6.07) is 18.7. The van der Waals surface area contributed by atoms with Gasteiger partial charge in [0.2, 0.25) is 5.91 Å². The van der Waals surface area contributed by atoms with Crippen molar-refractivity contribution in [2.24, 2.45) is 0 Å². The Labute approximate surface area is 187 Å². The third-order valence-electron chi connectivity index (χ3n) is 4.96. The van der Waals surface area contributed by atoms with E-state index in [4.69, 9.17) is 9.15 Å². The quantitative estimate of drug-likeness (QED) is 0.479. The number of ether oxygens (including phenoxy) is 1. The van der Waals surface area contributed by atoms with Crippen molar-refractivity contribution in [3.63, 3.8) is 0 Å². The maximum atomic E-state index is 13.6. The molecule has 3 aromatic rings. The molecule has 2 aromatic carbocycles. The van der Waals surface area contributed by atoms with Gasteiger partial charge in [0.1, 0.15) is 23.9 Å². The fourth-order valence-corrected chi connectivity index (χ4v) is 3.32. The second-order valence-corrected chi connectivity index (χ2v) is 7.48. The van der Waals surface area contributed by atoms with E-state index in [1.54, 1.807) is 4.90 Å². The second-order valence-electron chi connectivity index (χ2n) is 7.48. The second kappa shape index (κ2) is 11.2. The summed E-state index contributed by atoms with van der Waals surface area (Å²) in [4.78, 5) is 29.3. The van der Waals surface area contributed by atoms with E-state index in [2.05, 4.69) is 0 Å². The zero-order valence-electron chi connectivity index (χ0n) is 18.3. The number of methoxy groups -OCH3 is 1. The number of aryl methyl sites for hydroxylation is 1. The lowest BCUT2D eigenvalue weighted by atomic mass is 10.2. The first kappa shape index (κ1) is 23.2. The molecule has 0 fully saturated rings. The maximum Gasteiger partial charge on any atom is 0.254 e. The van der Waals surface area contributed by atoms with Crippen molar-refractivity contribution >= 4 is 11.8 Å². The summed E-state index contributed by atoms with van der Waals surface area (Å²) in [5, 5.41) is 0. The summed E-state index contributed by atoms with van der Waals surface area (Å²) in [6.45, 7) is 2.78. The van der Waals surface area contributed by atoms with Gasteiger partial charge in [0.15, 0.2) is 0 Å². The number of halogens is 1. The van der Waals surface area contributed by atoms with Gasteiger partial charge in [0, 0.05) is 25.8 Å². The van der Waals surface area contributed by atoms with Crippen molar-refractivity contribution in [2.45, 2.75) is 20.0 Å². The zero-order valence-corrected chi connectivity index (χ0v) is 18.3. The molecule has 168 valence electrons. The Hall–Kier alpha value is -3.45. The van der Waals surface area contributed by atoms with Crippen molar-refractivity contribution in [1.29, 1.82) is 0 Å². The highest BCUT2D eigenvalue weighted by molar-refractivity contribution is 5.96. The molecule has 3 rings (SSSR count). The van der Waals surface area contributed by atoms with E-state index in [9.17, 15) is 14.0 Å². The van der Waals surface area contributed by atoms with Gasteiger partial charge in [0.25, 0.3) is 5.91 Å². The van der Waals surface area contributed by atoms with E-state index in [0.717, 1.165) is 11.3 Å². The van der Waals surface area contributed by atoms with Gasteiger partial charge in [-0.2, -0.15) is 0 Å². The van der Waals surface area contributed by atoms with Crippen LogP contribution in [0.1, 0.15) is 27.4 Å². The molecule has 0 saturated carbocycles. The van der Waals surface area contributed by atoms with Gasteiger partial charge in [-0.3, -0.25) is 9.59 Å². The van der Waals surface area contributed by atoms with Crippen LogP contribution in [0.4, 0.5) is 4.39 Å². The lowest BCUT2D eigenvalue weighted by Crippen LogP contribution is -2.43. The van der Waals surface area contributed by atoms with Crippen LogP contribution >= 0.6 is 0 Å². The minimum atomic E-state index is -0.507. The Kier molecular flexibility index (Phi) is 8.16. The Balaban J connectivity index is 1.80. The number of carbonyl (C=O) groups is 2. The largest absolute Gasteiger partial charge is 0.464 e. The van der Waals surface area contributed by atoms with Gasteiger partial charge in [-0.25, -0.2) is 4.39 Å². The van der Waals surface area contributed by atoms with Crippen molar-refractivity contribution in [3.8, 4) is 0 Å². The normalized spacial score (nSPS) is 10.7. The number of amides is 2. The Morgan fingerprint density at radius 2 is 1.75 bits per heavy atom. The molecule has 7 heteroatoms. The Morgan fingerprint density at radius 1 is 0.969 bits per heavy atom. The first-order valence-electron chi connectivity index (χ1n) is 10.4. The monoisotopic (exact) mass is 438 g/mol. The van der Waals surface area contributed by atoms with Gasteiger partial charge in [-0.15, -0.1) is 0 Å². The van der Waals surface area contributed by atoms with E-state index < -0.39 is 11.7 Å². The van der Waals surface area contributed by atoms with Crippen LogP contribution in [0.5, 0.6) is 0 Å². The minimum Gasteiger partial charge on any atom is -0.464 e. The summed E-state index contributed by atoms with van der Waals surface area (Å²) in [5.74, 6) is 0.238. The minimum absolute atomic E-state index is 0.161. The third-order valence-corrected chi connectivity index (χ3v) is 4.96. The highest BCUT2D eigenvalue weighted by Crippen LogP contribution is 2.15. The first-order valence-corrected chi connectivity index (χ1v) is 10.4. The molecule has 0 saturated heterocycles. The number of carbonyl (C=O) groups excluding carboxylic acids is 2. The predicted molar refractivity (Wildman–Crippen MR) is 118 cm³/mol. The number of hydrogen-bond donors (Lipinski definition) is 0. The number of benzene rings is 2. The molecular formula is C25H27FN2O4. The molecule has 0 aliphatic carbocycles. The summed E-state index contributed by atoms with van der Waals surface area (Å²) < 4.78 is 24.4. The van der Waals surface area contributed by atoms with Crippen molar-refractivity contribution in [2.75, 3.05) is 26.8 Å². The number of furan rings is 1. The molecule has 0 N–H and O–H groups in total. The Morgan fingerprint density at radius 3 is 2.41 bits per heavy atom. The molecule has 32 heavy (non-hydrogen) atoms. The topological polar surface area (TPSA) is 63.0 Å². The molecule has 0 radical (unpaired) electrons. The lowest BCUT2D eigenvalue weighted by molar-refractivity contribution is -0.133. The zero-order chi connectivity index (χ0) is 22.9. The van der Waals surface area contributed by atoms with Crippen LogP contribution in [-0.2, 0) is 22.6 Å². The SMILES string of the molecule is COCCN(CC(=O)N(Cc1ccccc1)Cc1ccc(C)o1)C(=O)c1cccc(F)c1. The molecule has 6 nitrogen and oxygen atoms in total. The van der Waals surface area contributed by atoms with Crippen LogP contribution in [0.15, 0.2) is 71.1 Å². The standard InChI is InChI=1S/C25H27FN2O4/c1-19-11-12-23(32-19)17-28(16-20-7-4-3-5-8-20)24(29)18-27(13-14-31-2)25(30)21-9-6-10-22(26)15-21/h3-12,15H,13-14,16-18H2,1-2H3. The average molecular weight is 438 g/mol. The predicted octanol–water partition coefficient (Wildman–Crippen LogP) is 4.04. The molecular weight excluding hydrogens is 411 g/mol. The average Bonchev–Trinajstić information content (AvgIpc) is 3.20. The molecule has 2 amide bonds. The molecule has 0 bridgehead atoms. The smallest absolute Gasteiger partial charge is 0.254 e. The van der Waals surface area contributed by atoms with E-state index >= 15 is 0 Å². The van der Waals surface area contributed by atoms with Gasteiger partial charge < -0.3 is 19.0 Å². The van der Waals surface area contributed by atoms with E-state index in [1.165, 1.54) is 36.3 Å². The molecule has 0 spiro atoms. The maximum absolute atomic E-state index is 13.6. The van der Waals surface area contributed by atoms with Crippen molar-refractivity contribution in [1.82, 2.24) is 9.80 Å². The van der Waals surface area contributed by atoms with E-state index in [1.807, 2.05) is 49.4 Å². The van der Waals surface area contributed by atoms with E-state index in [-0.39, 0.29) is 37.7 Å². The summed E-state index contributed by atoms with van der Waals surface area (Å²) in [7, 11) is 1.52. The van der Waals surface area contributed by atoms with Gasteiger partial charge in [-0.1, -0.05) is 36.4 Å². The van der Waals surface area contributed by atoms with Crippen LogP contribution in [0.3, 0.4) is 0 Å².